The first-order chi connectivity index (χ1) is 12.7. The van der Waals surface area contributed by atoms with E-state index < -0.39 is 0 Å². The van der Waals surface area contributed by atoms with Crippen molar-refractivity contribution < 1.29 is 4.79 Å². The van der Waals surface area contributed by atoms with E-state index in [0.717, 1.165) is 36.5 Å². The van der Waals surface area contributed by atoms with Crippen LogP contribution in [0.25, 0.3) is 5.69 Å². The number of tetrazole rings is 1. The van der Waals surface area contributed by atoms with Crippen molar-refractivity contribution in [3.05, 3.63) is 60.2 Å². The van der Waals surface area contributed by atoms with Gasteiger partial charge in [0, 0.05) is 17.9 Å². The van der Waals surface area contributed by atoms with Gasteiger partial charge in [0.1, 0.15) is 0 Å². The van der Waals surface area contributed by atoms with E-state index in [1.54, 1.807) is 9.58 Å². The smallest absolute Gasteiger partial charge is 0.250 e. The quantitative estimate of drug-likeness (QED) is 0.657. The predicted molar refractivity (Wildman–Crippen MR) is 95.8 cm³/mol. The minimum Gasteiger partial charge on any atom is -0.303 e. The number of aromatic nitrogens is 6. The van der Waals surface area contributed by atoms with Crippen LogP contribution in [0.3, 0.4) is 0 Å². The predicted octanol–water partition coefficient (Wildman–Crippen LogP) is 1.83. The lowest BCUT2D eigenvalue weighted by Gasteiger charge is -2.21. The van der Waals surface area contributed by atoms with E-state index in [2.05, 4.69) is 33.3 Å². The molecule has 132 valence electrons. The van der Waals surface area contributed by atoms with Crippen molar-refractivity contribution in [1.82, 2.24) is 30.0 Å². The summed E-state index contributed by atoms with van der Waals surface area (Å²) in [6.07, 6.45) is 3.49. The number of anilines is 1. The summed E-state index contributed by atoms with van der Waals surface area (Å²) in [5.74, 6) is 0.498. The molecule has 0 saturated carbocycles. The van der Waals surface area contributed by atoms with Gasteiger partial charge in [0.05, 0.1) is 17.9 Å². The van der Waals surface area contributed by atoms with Gasteiger partial charge in [0.2, 0.25) is 0 Å². The SMILES string of the molecule is C=CC(=O)N(Cc1cc2n(n1)CCC2)c1cccc(-n2nnnc2C)c1. The normalized spacial score (nSPS) is 12.8. The molecule has 0 aliphatic carbocycles. The van der Waals surface area contributed by atoms with Gasteiger partial charge in [-0.3, -0.25) is 9.48 Å². The van der Waals surface area contributed by atoms with Crippen molar-refractivity contribution in [3.63, 3.8) is 0 Å². The number of aryl methyl sites for hydroxylation is 3. The molecule has 3 heterocycles. The molecule has 0 fully saturated rings. The molecule has 0 unspecified atom stereocenters. The standard InChI is InChI=1S/C18H19N7O/c1-3-18(26)23(12-14-10-16-8-5-9-24(16)20-14)15-6-4-7-17(11-15)25-13(2)19-21-22-25/h3-4,6-7,10-11H,1,5,8-9,12H2,2H3. The Hall–Kier alpha value is -3.29. The molecule has 4 rings (SSSR count). The maximum Gasteiger partial charge on any atom is 0.250 e. The summed E-state index contributed by atoms with van der Waals surface area (Å²) in [7, 11) is 0. The molecule has 1 amide bonds. The molecule has 1 aliphatic rings. The number of fused-ring (bicyclic) bond motifs is 1. The van der Waals surface area contributed by atoms with Crippen molar-refractivity contribution in [1.29, 1.82) is 0 Å². The largest absolute Gasteiger partial charge is 0.303 e. The zero-order valence-electron chi connectivity index (χ0n) is 14.5. The van der Waals surface area contributed by atoms with Crippen LogP contribution in [0.5, 0.6) is 0 Å². The summed E-state index contributed by atoms with van der Waals surface area (Å²) in [6, 6.07) is 9.62. The van der Waals surface area contributed by atoms with Crippen LogP contribution < -0.4 is 4.90 Å². The Kier molecular flexibility index (Phi) is 4.08. The molecule has 3 aromatic rings. The Morgan fingerprint density at radius 2 is 2.27 bits per heavy atom. The van der Waals surface area contributed by atoms with E-state index in [1.807, 2.05) is 35.9 Å². The third kappa shape index (κ3) is 2.90. The summed E-state index contributed by atoms with van der Waals surface area (Å²) >= 11 is 0. The van der Waals surface area contributed by atoms with Gasteiger partial charge in [-0.2, -0.15) is 9.78 Å². The second-order valence-corrected chi connectivity index (χ2v) is 6.24. The molecular formula is C18H19N7O. The zero-order valence-corrected chi connectivity index (χ0v) is 14.5. The van der Waals surface area contributed by atoms with Crippen LogP contribution in [0.1, 0.15) is 23.6 Å². The van der Waals surface area contributed by atoms with Gasteiger partial charge in [0.25, 0.3) is 5.91 Å². The lowest BCUT2D eigenvalue weighted by Crippen LogP contribution is -2.29. The highest BCUT2D eigenvalue weighted by Crippen LogP contribution is 2.23. The lowest BCUT2D eigenvalue weighted by atomic mass is 10.2. The van der Waals surface area contributed by atoms with Gasteiger partial charge < -0.3 is 4.90 Å². The zero-order chi connectivity index (χ0) is 18.1. The summed E-state index contributed by atoms with van der Waals surface area (Å²) in [6.45, 7) is 6.79. The van der Waals surface area contributed by atoms with Crippen molar-refractivity contribution in [3.8, 4) is 5.69 Å². The number of carbonyl (C=O) groups excluding carboxylic acids is 1. The molecule has 0 spiro atoms. The number of hydrogen-bond acceptors (Lipinski definition) is 5. The average Bonchev–Trinajstić information content (AvgIpc) is 3.35. The maximum absolute atomic E-state index is 12.5. The monoisotopic (exact) mass is 349 g/mol. The van der Waals surface area contributed by atoms with Crippen molar-refractivity contribution in [2.24, 2.45) is 0 Å². The lowest BCUT2D eigenvalue weighted by molar-refractivity contribution is -0.114. The van der Waals surface area contributed by atoms with Crippen LogP contribution in [-0.2, 0) is 24.3 Å². The molecule has 8 nitrogen and oxygen atoms in total. The van der Waals surface area contributed by atoms with Crippen molar-refractivity contribution in [2.75, 3.05) is 4.90 Å². The number of carbonyl (C=O) groups is 1. The molecule has 1 aromatic carbocycles. The van der Waals surface area contributed by atoms with E-state index in [0.29, 0.717) is 12.4 Å². The van der Waals surface area contributed by atoms with E-state index >= 15 is 0 Å². The molecule has 0 bridgehead atoms. The molecule has 8 heteroatoms. The first kappa shape index (κ1) is 16.2. The first-order valence-electron chi connectivity index (χ1n) is 8.50. The van der Waals surface area contributed by atoms with Crippen LogP contribution in [0.2, 0.25) is 0 Å². The van der Waals surface area contributed by atoms with E-state index in [-0.39, 0.29) is 5.91 Å². The highest BCUT2D eigenvalue weighted by atomic mass is 16.2. The number of hydrogen-bond donors (Lipinski definition) is 0. The number of amides is 1. The van der Waals surface area contributed by atoms with E-state index in [4.69, 9.17) is 0 Å². The highest BCUT2D eigenvalue weighted by Gasteiger charge is 2.19. The van der Waals surface area contributed by atoms with Gasteiger partial charge in [-0.05, 0) is 60.5 Å². The third-order valence-corrected chi connectivity index (χ3v) is 4.49. The number of nitrogens with zero attached hydrogens (tertiary/aromatic N) is 7. The second kappa shape index (κ2) is 6.55. The van der Waals surface area contributed by atoms with Crippen LogP contribution in [0.15, 0.2) is 43.0 Å². The molecule has 26 heavy (non-hydrogen) atoms. The fourth-order valence-corrected chi connectivity index (χ4v) is 3.23. The third-order valence-electron chi connectivity index (χ3n) is 4.49. The second-order valence-electron chi connectivity index (χ2n) is 6.24. The Labute approximate surface area is 150 Å². The van der Waals surface area contributed by atoms with Crippen molar-refractivity contribution >= 4 is 11.6 Å². The fourth-order valence-electron chi connectivity index (χ4n) is 3.23. The molecule has 2 aromatic heterocycles. The van der Waals surface area contributed by atoms with E-state index in [1.165, 1.54) is 11.8 Å². The Bertz CT molecular complexity index is 950. The highest BCUT2D eigenvalue weighted by molar-refractivity contribution is 6.01. The Morgan fingerprint density at radius 3 is 3.00 bits per heavy atom. The molecule has 0 N–H and O–H groups in total. The van der Waals surface area contributed by atoms with Gasteiger partial charge >= 0.3 is 0 Å². The summed E-state index contributed by atoms with van der Waals surface area (Å²) in [5.41, 5.74) is 3.64. The maximum atomic E-state index is 12.5. The van der Waals surface area contributed by atoms with Crippen LogP contribution >= 0.6 is 0 Å². The molecule has 0 atom stereocenters. The number of benzene rings is 1. The Morgan fingerprint density at radius 1 is 1.38 bits per heavy atom. The topological polar surface area (TPSA) is 81.7 Å². The summed E-state index contributed by atoms with van der Waals surface area (Å²) in [5, 5.41) is 16.2. The van der Waals surface area contributed by atoms with E-state index in [9.17, 15) is 4.79 Å². The molecular weight excluding hydrogens is 330 g/mol. The van der Waals surface area contributed by atoms with Crippen molar-refractivity contribution in [2.45, 2.75) is 32.9 Å². The fraction of sp³-hybridized carbons (Fsp3) is 0.278. The first-order valence-corrected chi connectivity index (χ1v) is 8.50. The van der Waals surface area contributed by atoms with Crippen LogP contribution in [0, 0.1) is 6.92 Å². The number of rotatable bonds is 5. The van der Waals surface area contributed by atoms with Gasteiger partial charge in [0.15, 0.2) is 5.82 Å². The average molecular weight is 349 g/mol. The van der Waals surface area contributed by atoms with Crippen LogP contribution in [-0.4, -0.2) is 35.9 Å². The van der Waals surface area contributed by atoms with Crippen LogP contribution in [0.4, 0.5) is 5.69 Å². The van der Waals surface area contributed by atoms with Gasteiger partial charge in [-0.1, -0.05) is 12.6 Å². The minimum absolute atomic E-state index is 0.177. The van der Waals surface area contributed by atoms with Gasteiger partial charge in [-0.15, -0.1) is 5.10 Å². The molecule has 1 aliphatic heterocycles. The summed E-state index contributed by atoms with van der Waals surface area (Å²) < 4.78 is 3.65. The molecule has 0 saturated heterocycles. The minimum atomic E-state index is -0.177. The van der Waals surface area contributed by atoms with Gasteiger partial charge in [-0.25, -0.2) is 0 Å². The summed E-state index contributed by atoms with van der Waals surface area (Å²) in [4.78, 5) is 14.1. The Balaban J connectivity index is 1.67. The molecule has 0 radical (unpaired) electrons.